The molecular weight excluding hydrogens is 325 g/mol. The summed E-state index contributed by atoms with van der Waals surface area (Å²) in [5.41, 5.74) is 0.673. The molecule has 0 saturated carbocycles. The minimum absolute atomic E-state index is 0.309. The lowest BCUT2D eigenvalue weighted by Crippen LogP contribution is -2.49. The number of anilines is 1. The fourth-order valence-electron chi connectivity index (χ4n) is 2.32. The highest BCUT2D eigenvalue weighted by Crippen LogP contribution is 2.28. The van der Waals surface area contributed by atoms with Crippen LogP contribution in [0.25, 0.3) is 11.4 Å². The van der Waals surface area contributed by atoms with Gasteiger partial charge in [0, 0.05) is 31.2 Å². The van der Waals surface area contributed by atoms with Crippen molar-refractivity contribution in [3.05, 3.63) is 28.5 Å². The SMILES string of the molecule is C[C@@H]1CN(c2n[nH]c(-c3cccc(F)c3Br)n2)CCN1. The number of hydrogen-bond acceptors (Lipinski definition) is 4. The Morgan fingerprint density at radius 3 is 3.10 bits per heavy atom. The van der Waals surface area contributed by atoms with Crippen molar-refractivity contribution in [2.75, 3.05) is 24.5 Å². The Morgan fingerprint density at radius 1 is 1.45 bits per heavy atom. The normalized spacial score (nSPS) is 19.4. The van der Waals surface area contributed by atoms with E-state index in [9.17, 15) is 4.39 Å². The number of H-pyrrole nitrogens is 1. The van der Waals surface area contributed by atoms with Crippen molar-refractivity contribution >= 4 is 21.9 Å². The molecule has 1 aliphatic rings. The van der Waals surface area contributed by atoms with E-state index in [1.165, 1.54) is 6.07 Å². The molecule has 2 heterocycles. The first-order chi connectivity index (χ1) is 9.65. The van der Waals surface area contributed by atoms with Gasteiger partial charge < -0.3 is 10.2 Å². The average molecular weight is 340 g/mol. The fraction of sp³-hybridized carbons (Fsp3) is 0.385. The molecule has 0 aliphatic carbocycles. The highest BCUT2D eigenvalue weighted by Gasteiger charge is 2.20. The number of piperazine rings is 1. The Kier molecular flexibility index (Phi) is 3.71. The van der Waals surface area contributed by atoms with Crippen molar-refractivity contribution in [1.29, 1.82) is 0 Å². The summed E-state index contributed by atoms with van der Waals surface area (Å²) in [5, 5.41) is 10.5. The average Bonchev–Trinajstić information content (AvgIpc) is 2.91. The third-order valence-electron chi connectivity index (χ3n) is 3.33. The first kappa shape index (κ1) is 13.5. The van der Waals surface area contributed by atoms with E-state index in [0.29, 0.717) is 27.9 Å². The monoisotopic (exact) mass is 339 g/mol. The van der Waals surface area contributed by atoms with Crippen molar-refractivity contribution in [1.82, 2.24) is 20.5 Å². The van der Waals surface area contributed by atoms with E-state index in [1.807, 2.05) is 0 Å². The molecule has 0 amide bonds. The molecular formula is C13H15BrFN5. The summed E-state index contributed by atoms with van der Waals surface area (Å²) in [4.78, 5) is 6.59. The third-order valence-corrected chi connectivity index (χ3v) is 4.14. The minimum atomic E-state index is -0.309. The lowest BCUT2D eigenvalue weighted by atomic mass is 10.2. The van der Waals surface area contributed by atoms with Crippen LogP contribution in [-0.4, -0.2) is 40.9 Å². The lowest BCUT2D eigenvalue weighted by Gasteiger charge is -2.30. The van der Waals surface area contributed by atoms with Crippen molar-refractivity contribution in [2.24, 2.45) is 0 Å². The number of rotatable bonds is 2. The van der Waals surface area contributed by atoms with E-state index in [1.54, 1.807) is 12.1 Å². The van der Waals surface area contributed by atoms with E-state index < -0.39 is 0 Å². The molecule has 1 saturated heterocycles. The second-order valence-electron chi connectivity index (χ2n) is 4.89. The molecule has 1 aliphatic heterocycles. The first-order valence-electron chi connectivity index (χ1n) is 6.50. The molecule has 7 heteroatoms. The molecule has 0 radical (unpaired) electrons. The second-order valence-corrected chi connectivity index (χ2v) is 5.68. The van der Waals surface area contributed by atoms with Crippen LogP contribution in [0.5, 0.6) is 0 Å². The fourth-order valence-corrected chi connectivity index (χ4v) is 2.77. The van der Waals surface area contributed by atoms with Gasteiger partial charge in [0.05, 0.1) is 4.47 Å². The van der Waals surface area contributed by atoms with Gasteiger partial charge >= 0.3 is 0 Å². The van der Waals surface area contributed by atoms with Crippen molar-refractivity contribution in [3.8, 4) is 11.4 Å². The molecule has 0 bridgehead atoms. The maximum Gasteiger partial charge on any atom is 0.245 e. The molecule has 2 N–H and O–H groups in total. The molecule has 0 unspecified atom stereocenters. The molecule has 1 atom stereocenters. The first-order valence-corrected chi connectivity index (χ1v) is 7.29. The zero-order chi connectivity index (χ0) is 14.1. The molecule has 1 fully saturated rings. The van der Waals surface area contributed by atoms with Gasteiger partial charge in [-0.3, -0.25) is 5.10 Å². The van der Waals surface area contributed by atoms with Crippen LogP contribution in [0.15, 0.2) is 22.7 Å². The summed E-state index contributed by atoms with van der Waals surface area (Å²) in [6.45, 7) is 4.77. The zero-order valence-electron chi connectivity index (χ0n) is 11.0. The minimum Gasteiger partial charge on any atom is -0.337 e. The summed E-state index contributed by atoms with van der Waals surface area (Å²) in [7, 11) is 0. The van der Waals surface area contributed by atoms with Crippen LogP contribution >= 0.6 is 15.9 Å². The molecule has 3 rings (SSSR count). The van der Waals surface area contributed by atoms with Gasteiger partial charge in [-0.15, -0.1) is 5.10 Å². The smallest absolute Gasteiger partial charge is 0.245 e. The molecule has 5 nitrogen and oxygen atoms in total. The summed E-state index contributed by atoms with van der Waals surface area (Å²) in [5.74, 6) is 0.915. The Morgan fingerprint density at radius 2 is 2.30 bits per heavy atom. The van der Waals surface area contributed by atoms with Crippen molar-refractivity contribution in [2.45, 2.75) is 13.0 Å². The van der Waals surface area contributed by atoms with Gasteiger partial charge in [-0.1, -0.05) is 6.07 Å². The van der Waals surface area contributed by atoms with E-state index in [-0.39, 0.29) is 5.82 Å². The molecule has 0 spiro atoms. The number of nitrogens with one attached hydrogen (secondary N) is 2. The molecule has 1 aromatic carbocycles. The van der Waals surface area contributed by atoms with Crippen LogP contribution in [0.4, 0.5) is 10.3 Å². The van der Waals surface area contributed by atoms with Gasteiger partial charge in [0.2, 0.25) is 5.95 Å². The number of halogens is 2. The lowest BCUT2D eigenvalue weighted by molar-refractivity contribution is 0.480. The summed E-state index contributed by atoms with van der Waals surface area (Å²) < 4.78 is 13.9. The van der Waals surface area contributed by atoms with E-state index in [2.05, 4.69) is 48.3 Å². The third kappa shape index (κ3) is 2.55. The predicted molar refractivity (Wildman–Crippen MR) is 79.2 cm³/mol. The van der Waals surface area contributed by atoms with Gasteiger partial charge in [0.25, 0.3) is 0 Å². The second kappa shape index (κ2) is 5.49. The molecule has 20 heavy (non-hydrogen) atoms. The van der Waals surface area contributed by atoms with Crippen molar-refractivity contribution in [3.63, 3.8) is 0 Å². The summed E-state index contributed by atoms with van der Waals surface area (Å²) >= 11 is 3.25. The van der Waals surface area contributed by atoms with Crippen molar-refractivity contribution < 1.29 is 4.39 Å². The Balaban J connectivity index is 1.88. The van der Waals surface area contributed by atoms with Crippen LogP contribution in [0.2, 0.25) is 0 Å². The number of hydrogen-bond donors (Lipinski definition) is 2. The Hall–Kier alpha value is -1.47. The van der Waals surface area contributed by atoms with Gasteiger partial charge in [-0.05, 0) is 35.0 Å². The van der Waals surface area contributed by atoms with Crippen LogP contribution in [0, 0.1) is 5.82 Å². The Bertz CT molecular complexity index is 615. The number of aromatic nitrogens is 3. The van der Waals surface area contributed by atoms with Crippen LogP contribution in [-0.2, 0) is 0 Å². The predicted octanol–water partition coefficient (Wildman–Crippen LogP) is 2.17. The van der Waals surface area contributed by atoms with E-state index >= 15 is 0 Å². The summed E-state index contributed by atoms with van der Waals surface area (Å²) in [6.07, 6.45) is 0. The molecule has 1 aromatic heterocycles. The standard InChI is InChI=1S/C13H15BrFN5/c1-8-7-20(6-5-16-8)13-17-12(18-19-13)9-3-2-4-10(15)11(9)14/h2-4,8,16H,5-7H2,1H3,(H,17,18,19)/t8-/m1/s1. The van der Waals surface area contributed by atoms with E-state index in [4.69, 9.17) is 0 Å². The number of nitrogens with zero attached hydrogens (tertiary/aromatic N) is 3. The highest BCUT2D eigenvalue weighted by atomic mass is 79.9. The van der Waals surface area contributed by atoms with Crippen LogP contribution in [0.1, 0.15) is 6.92 Å². The van der Waals surface area contributed by atoms with Gasteiger partial charge in [-0.2, -0.15) is 4.98 Å². The zero-order valence-corrected chi connectivity index (χ0v) is 12.6. The van der Waals surface area contributed by atoms with Gasteiger partial charge in [0.15, 0.2) is 5.82 Å². The number of aromatic amines is 1. The molecule has 106 valence electrons. The maximum atomic E-state index is 13.5. The van der Waals surface area contributed by atoms with Crippen LogP contribution in [0.3, 0.4) is 0 Å². The Labute approximate surface area is 124 Å². The largest absolute Gasteiger partial charge is 0.337 e. The number of benzene rings is 1. The van der Waals surface area contributed by atoms with Gasteiger partial charge in [-0.25, -0.2) is 4.39 Å². The highest BCUT2D eigenvalue weighted by molar-refractivity contribution is 9.10. The quantitative estimate of drug-likeness (QED) is 0.880. The topological polar surface area (TPSA) is 56.8 Å². The van der Waals surface area contributed by atoms with E-state index in [0.717, 1.165) is 19.6 Å². The van der Waals surface area contributed by atoms with Gasteiger partial charge in [0.1, 0.15) is 5.82 Å². The summed E-state index contributed by atoms with van der Waals surface area (Å²) in [6, 6.07) is 5.28. The molecule has 2 aromatic rings. The van der Waals surface area contributed by atoms with Crippen LogP contribution < -0.4 is 10.2 Å². The maximum absolute atomic E-state index is 13.5.